The van der Waals surface area contributed by atoms with E-state index in [0.29, 0.717) is 0 Å². The molecule has 0 bridgehead atoms. The van der Waals surface area contributed by atoms with Gasteiger partial charge in [0.15, 0.2) is 12.1 Å². The maximum atomic E-state index is 11.3. The molecule has 1 heterocycles. The minimum absolute atomic E-state index is 0.0822. The van der Waals surface area contributed by atoms with Crippen LogP contribution in [0, 0.1) is 0 Å². The van der Waals surface area contributed by atoms with E-state index >= 15 is 0 Å². The number of carbonyl (C=O) groups is 3. The number of nitrogens with zero attached hydrogens (tertiary/aromatic N) is 1. The van der Waals surface area contributed by atoms with Gasteiger partial charge in [-0.15, -0.1) is 0 Å². The number of carbonyl (C=O) groups excluding carboxylic acids is 3. The lowest BCUT2D eigenvalue weighted by atomic mass is 10.4. The summed E-state index contributed by atoms with van der Waals surface area (Å²) in [6.45, 7) is 2.45. The first-order valence-corrected chi connectivity index (χ1v) is 4.03. The molecule has 0 aliphatic carbocycles. The maximum Gasteiger partial charge on any atom is 0.282 e. The molecule has 7 nitrogen and oxygen atoms in total. The first-order valence-electron chi connectivity index (χ1n) is 4.03. The first-order chi connectivity index (χ1) is 7.00. The van der Waals surface area contributed by atoms with E-state index in [0.717, 1.165) is 6.39 Å². The topological polar surface area (TPSA) is 101 Å². The molecule has 0 fully saturated rings. The number of imide groups is 1. The molecule has 7 heteroatoms. The fourth-order valence-corrected chi connectivity index (χ4v) is 0.876. The van der Waals surface area contributed by atoms with E-state index in [1.54, 1.807) is 0 Å². The standard InChI is InChI=1S/C8H9N3O4/c1-4(12)10-7(14)6-8(11-5(2)13)15-3-9-6/h3H,1-2H3,(H,11,13)(H,10,12,14). The van der Waals surface area contributed by atoms with E-state index in [1.165, 1.54) is 13.8 Å². The lowest BCUT2D eigenvalue weighted by Crippen LogP contribution is -2.29. The van der Waals surface area contributed by atoms with Crippen LogP contribution < -0.4 is 10.6 Å². The molecule has 0 saturated heterocycles. The quantitative estimate of drug-likeness (QED) is 0.711. The Bertz CT molecular complexity index is 410. The van der Waals surface area contributed by atoms with Crippen LogP contribution in [-0.2, 0) is 9.59 Å². The van der Waals surface area contributed by atoms with E-state index in [1.807, 2.05) is 5.32 Å². The van der Waals surface area contributed by atoms with Gasteiger partial charge in [-0.1, -0.05) is 0 Å². The van der Waals surface area contributed by atoms with Crippen LogP contribution in [0.15, 0.2) is 10.8 Å². The molecule has 3 amide bonds. The number of anilines is 1. The van der Waals surface area contributed by atoms with Gasteiger partial charge >= 0.3 is 0 Å². The van der Waals surface area contributed by atoms with Crippen LogP contribution in [0.5, 0.6) is 0 Å². The Kier molecular flexibility index (Phi) is 3.17. The van der Waals surface area contributed by atoms with Gasteiger partial charge < -0.3 is 4.42 Å². The van der Waals surface area contributed by atoms with Crippen molar-refractivity contribution >= 4 is 23.6 Å². The van der Waals surface area contributed by atoms with Gasteiger partial charge in [-0.25, -0.2) is 4.98 Å². The summed E-state index contributed by atoms with van der Waals surface area (Å²) < 4.78 is 4.76. The summed E-state index contributed by atoms with van der Waals surface area (Å²) in [5.74, 6) is -1.72. The molecule has 15 heavy (non-hydrogen) atoms. The second-order valence-corrected chi connectivity index (χ2v) is 2.72. The van der Waals surface area contributed by atoms with E-state index in [9.17, 15) is 14.4 Å². The zero-order chi connectivity index (χ0) is 11.4. The molecular formula is C8H9N3O4. The Morgan fingerprint density at radius 1 is 1.27 bits per heavy atom. The lowest BCUT2D eigenvalue weighted by Gasteiger charge is -2.00. The molecule has 1 rings (SSSR count). The summed E-state index contributed by atoms with van der Waals surface area (Å²) >= 11 is 0. The fraction of sp³-hybridized carbons (Fsp3) is 0.250. The molecule has 0 aliphatic rings. The van der Waals surface area contributed by atoms with E-state index in [2.05, 4.69) is 10.3 Å². The average molecular weight is 211 g/mol. The first kappa shape index (κ1) is 10.9. The van der Waals surface area contributed by atoms with Crippen LogP contribution in [-0.4, -0.2) is 22.7 Å². The van der Waals surface area contributed by atoms with E-state index in [4.69, 9.17) is 4.42 Å². The molecule has 0 aromatic carbocycles. The zero-order valence-corrected chi connectivity index (χ0v) is 8.16. The van der Waals surface area contributed by atoms with Crippen molar-refractivity contribution in [1.82, 2.24) is 10.3 Å². The normalized spacial score (nSPS) is 9.47. The summed E-state index contributed by atoms with van der Waals surface area (Å²) in [6, 6.07) is 0. The number of aromatic nitrogens is 1. The molecule has 0 spiro atoms. The maximum absolute atomic E-state index is 11.3. The average Bonchev–Trinajstić information content (AvgIpc) is 2.49. The smallest absolute Gasteiger partial charge is 0.282 e. The molecule has 0 aliphatic heterocycles. The number of rotatable bonds is 2. The van der Waals surface area contributed by atoms with Crippen molar-refractivity contribution in [3.05, 3.63) is 12.1 Å². The SMILES string of the molecule is CC(=O)NC(=O)c1ncoc1NC(C)=O. The molecule has 80 valence electrons. The monoisotopic (exact) mass is 211 g/mol. The number of nitrogens with one attached hydrogen (secondary N) is 2. The number of hydrogen-bond acceptors (Lipinski definition) is 5. The Morgan fingerprint density at radius 2 is 1.93 bits per heavy atom. The van der Waals surface area contributed by atoms with Crippen molar-refractivity contribution in [3.63, 3.8) is 0 Å². The van der Waals surface area contributed by atoms with Gasteiger partial charge in [0.05, 0.1) is 0 Å². The molecule has 0 saturated carbocycles. The third-order valence-corrected chi connectivity index (χ3v) is 1.36. The molecular weight excluding hydrogens is 202 g/mol. The highest BCUT2D eigenvalue weighted by Crippen LogP contribution is 2.12. The van der Waals surface area contributed by atoms with E-state index in [-0.39, 0.29) is 11.6 Å². The van der Waals surface area contributed by atoms with Gasteiger partial charge in [0, 0.05) is 13.8 Å². The summed E-state index contributed by atoms with van der Waals surface area (Å²) in [6.07, 6.45) is 1.00. The minimum Gasteiger partial charge on any atom is -0.427 e. The second kappa shape index (κ2) is 4.36. The van der Waals surface area contributed by atoms with Crippen molar-refractivity contribution in [2.45, 2.75) is 13.8 Å². The van der Waals surface area contributed by atoms with Crippen molar-refractivity contribution in [3.8, 4) is 0 Å². The Morgan fingerprint density at radius 3 is 2.47 bits per heavy atom. The van der Waals surface area contributed by atoms with E-state index < -0.39 is 17.7 Å². The van der Waals surface area contributed by atoms with Gasteiger partial charge in [0.25, 0.3) is 5.91 Å². The third-order valence-electron chi connectivity index (χ3n) is 1.36. The van der Waals surface area contributed by atoms with Gasteiger partial charge in [-0.05, 0) is 0 Å². The third kappa shape index (κ3) is 2.90. The molecule has 2 N–H and O–H groups in total. The Hall–Kier alpha value is -2.18. The summed E-state index contributed by atoms with van der Waals surface area (Å²) in [7, 11) is 0. The van der Waals surface area contributed by atoms with Gasteiger partial charge in [0.2, 0.25) is 17.7 Å². The largest absolute Gasteiger partial charge is 0.427 e. The van der Waals surface area contributed by atoms with Crippen molar-refractivity contribution < 1.29 is 18.8 Å². The summed E-state index contributed by atoms with van der Waals surface area (Å²) in [5, 5.41) is 4.27. The van der Waals surface area contributed by atoms with Crippen LogP contribution in [0.4, 0.5) is 5.88 Å². The van der Waals surface area contributed by atoms with Crippen LogP contribution in [0.1, 0.15) is 24.3 Å². The highest BCUT2D eigenvalue weighted by atomic mass is 16.4. The van der Waals surface area contributed by atoms with Gasteiger partial charge in [-0.2, -0.15) is 0 Å². The molecule has 1 aromatic rings. The van der Waals surface area contributed by atoms with Crippen molar-refractivity contribution in [1.29, 1.82) is 0 Å². The highest BCUT2D eigenvalue weighted by molar-refractivity contribution is 6.06. The molecule has 0 unspecified atom stereocenters. The van der Waals surface area contributed by atoms with Crippen LogP contribution in [0.2, 0.25) is 0 Å². The molecule has 0 atom stereocenters. The lowest BCUT2D eigenvalue weighted by molar-refractivity contribution is -0.118. The highest BCUT2D eigenvalue weighted by Gasteiger charge is 2.18. The Labute approximate surface area is 84.9 Å². The Balaban J connectivity index is 2.84. The predicted octanol–water partition coefficient (Wildman–Crippen LogP) is -0.0907. The van der Waals surface area contributed by atoms with Crippen LogP contribution >= 0.6 is 0 Å². The molecule has 0 radical (unpaired) electrons. The summed E-state index contributed by atoms with van der Waals surface area (Å²) in [4.78, 5) is 36.2. The van der Waals surface area contributed by atoms with Crippen LogP contribution in [0.25, 0.3) is 0 Å². The van der Waals surface area contributed by atoms with Crippen LogP contribution in [0.3, 0.4) is 0 Å². The number of oxazole rings is 1. The predicted molar refractivity (Wildman–Crippen MR) is 49.0 cm³/mol. The van der Waals surface area contributed by atoms with Crippen molar-refractivity contribution in [2.24, 2.45) is 0 Å². The second-order valence-electron chi connectivity index (χ2n) is 2.72. The van der Waals surface area contributed by atoms with Gasteiger partial charge in [-0.3, -0.25) is 25.0 Å². The molecule has 1 aromatic heterocycles. The zero-order valence-electron chi connectivity index (χ0n) is 8.16. The number of hydrogen-bond donors (Lipinski definition) is 2. The summed E-state index contributed by atoms with van der Waals surface area (Å²) in [5.41, 5.74) is -0.139. The number of amides is 3. The van der Waals surface area contributed by atoms with Crippen molar-refractivity contribution in [2.75, 3.05) is 5.32 Å². The minimum atomic E-state index is -0.722. The fourth-order valence-electron chi connectivity index (χ4n) is 0.876. The van der Waals surface area contributed by atoms with Gasteiger partial charge in [0.1, 0.15) is 0 Å².